The maximum Gasteiger partial charge on any atom is 0.237 e. The van der Waals surface area contributed by atoms with Crippen LogP contribution < -0.4 is 5.32 Å². The molecule has 2 aliphatic rings. The second kappa shape index (κ2) is 8.00. The summed E-state index contributed by atoms with van der Waals surface area (Å²) in [6, 6.07) is 10.6. The molecule has 1 aromatic rings. The van der Waals surface area contributed by atoms with Gasteiger partial charge in [-0.05, 0) is 38.7 Å². The molecule has 3 unspecified atom stereocenters. The van der Waals surface area contributed by atoms with E-state index in [1.165, 1.54) is 6.42 Å². The number of carbonyl (C=O) groups excluding carboxylic acids is 2. The Labute approximate surface area is 150 Å². The number of carbonyl (C=O) groups is 2. The predicted molar refractivity (Wildman–Crippen MR) is 98.0 cm³/mol. The van der Waals surface area contributed by atoms with E-state index in [2.05, 4.69) is 29.0 Å². The molecule has 2 fully saturated rings. The highest BCUT2D eigenvalue weighted by atomic mass is 16.2. The Morgan fingerprint density at radius 2 is 1.84 bits per heavy atom. The second-order valence-electron chi connectivity index (χ2n) is 7.38. The lowest BCUT2D eigenvalue weighted by atomic mass is 9.97. The Kier molecular flexibility index (Phi) is 5.74. The predicted octanol–water partition coefficient (Wildman–Crippen LogP) is 2.34. The fraction of sp³-hybridized carbons (Fsp3) is 0.600. The third-order valence-corrected chi connectivity index (χ3v) is 5.54. The zero-order chi connectivity index (χ0) is 17.8. The van der Waals surface area contributed by atoms with Crippen molar-refractivity contribution in [2.45, 2.75) is 57.7 Å². The van der Waals surface area contributed by atoms with Gasteiger partial charge in [-0.15, -0.1) is 0 Å². The first kappa shape index (κ1) is 17.9. The van der Waals surface area contributed by atoms with Crippen LogP contribution in [-0.4, -0.2) is 53.3 Å². The van der Waals surface area contributed by atoms with Crippen LogP contribution in [0, 0.1) is 0 Å². The van der Waals surface area contributed by atoms with Gasteiger partial charge in [-0.1, -0.05) is 30.3 Å². The van der Waals surface area contributed by atoms with Crippen molar-refractivity contribution in [3.63, 3.8) is 0 Å². The summed E-state index contributed by atoms with van der Waals surface area (Å²) in [5.74, 6) is 0.249. The minimum absolute atomic E-state index is 0.0388. The molecule has 136 valence electrons. The maximum atomic E-state index is 13.0. The molecule has 0 aromatic heterocycles. The third kappa shape index (κ3) is 4.21. The molecule has 3 atom stereocenters. The lowest BCUT2D eigenvalue weighted by Crippen LogP contribution is -2.51. The maximum absolute atomic E-state index is 13.0. The highest BCUT2D eigenvalue weighted by molar-refractivity contribution is 5.80. The molecule has 0 aliphatic carbocycles. The van der Waals surface area contributed by atoms with Crippen LogP contribution in [0.25, 0.3) is 0 Å². The first-order chi connectivity index (χ1) is 12.1. The molecule has 1 N–H and O–H groups in total. The van der Waals surface area contributed by atoms with Crippen LogP contribution in [0.3, 0.4) is 0 Å². The van der Waals surface area contributed by atoms with Gasteiger partial charge >= 0.3 is 0 Å². The molecule has 2 saturated heterocycles. The SMILES string of the molecule is CC1CCCC(C)N1C(=O)CN1CCNC(=O)CC1c1ccccc1. The van der Waals surface area contributed by atoms with E-state index in [0.29, 0.717) is 38.1 Å². The van der Waals surface area contributed by atoms with Gasteiger partial charge in [-0.25, -0.2) is 0 Å². The van der Waals surface area contributed by atoms with Crippen molar-refractivity contribution >= 4 is 11.8 Å². The highest BCUT2D eigenvalue weighted by Crippen LogP contribution is 2.27. The smallest absolute Gasteiger partial charge is 0.237 e. The summed E-state index contributed by atoms with van der Waals surface area (Å²) in [5, 5.41) is 2.94. The molecule has 2 heterocycles. The van der Waals surface area contributed by atoms with Crippen molar-refractivity contribution in [2.24, 2.45) is 0 Å². The Balaban J connectivity index is 1.77. The fourth-order valence-electron chi connectivity index (χ4n) is 4.23. The Morgan fingerprint density at radius 1 is 1.16 bits per heavy atom. The van der Waals surface area contributed by atoms with E-state index in [1.54, 1.807) is 0 Å². The second-order valence-corrected chi connectivity index (χ2v) is 7.38. The summed E-state index contributed by atoms with van der Waals surface area (Å²) in [6.07, 6.45) is 3.76. The van der Waals surface area contributed by atoms with Gasteiger partial charge in [0.15, 0.2) is 0 Å². The molecule has 2 aliphatic heterocycles. The van der Waals surface area contributed by atoms with Crippen LogP contribution in [0.15, 0.2) is 30.3 Å². The largest absolute Gasteiger partial charge is 0.355 e. The van der Waals surface area contributed by atoms with E-state index in [9.17, 15) is 9.59 Å². The van der Waals surface area contributed by atoms with Gasteiger partial charge in [0.1, 0.15) is 0 Å². The molecule has 0 saturated carbocycles. The van der Waals surface area contributed by atoms with Crippen molar-refractivity contribution in [1.29, 1.82) is 0 Å². The average molecular weight is 343 g/mol. The number of rotatable bonds is 3. The van der Waals surface area contributed by atoms with Gasteiger partial charge < -0.3 is 10.2 Å². The van der Waals surface area contributed by atoms with E-state index in [0.717, 1.165) is 18.4 Å². The Hall–Kier alpha value is -1.88. The molecule has 0 bridgehead atoms. The summed E-state index contributed by atoms with van der Waals surface area (Å²) in [4.78, 5) is 29.3. The summed E-state index contributed by atoms with van der Waals surface area (Å²) < 4.78 is 0. The normalized spacial score (nSPS) is 28.3. The van der Waals surface area contributed by atoms with Crippen LogP contribution >= 0.6 is 0 Å². The van der Waals surface area contributed by atoms with Gasteiger partial charge in [0.25, 0.3) is 0 Å². The topological polar surface area (TPSA) is 52.7 Å². The summed E-state index contributed by atoms with van der Waals surface area (Å²) >= 11 is 0. The van der Waals surface area contributed by atoms with E-state index in [-0.39, 0.29) is 17.9 Å². The van der Waals surface area contributed by atoms with E-state index in [4.69, 9.17) is 0 Å². The van der Waals surface area contributed by atoms with E-state index >= 15 is 0 Å². The zero-order valence-electron chi connectivity index (χ0n) is 15.3. The lowest BCUT2D eigenvalue weighted by Gasteiger charge is -2.41. The van der Waals surface area contributed by atoms with Crippen molar-refractivity contribution in [2.75, 3.05) is 19.6 Å². The number of amides is 2. The number of nitrogens with zero attached hydrogens (tertiary/aromatic N) is 2. The van der Waals surface area contributed by atoms with Crippen LogP contribution in [-0.2, 0) is 9.59 Å². The number of hydrogen-bond donors (Lipinski definition) is 1. The molecule has 0 radical (unpaired) electrons. The average Bonchev–Trinajstić information content (AvgIpc) is 2.77. The van der Waals surface area contributed by atoms with E-state index < -0.39 is 0 Å². The van der Waals surface area contributed by atoms with Gasteiger partial charge in [0.2, 0.25) is 11.8 Å². The van der Waals surface area contributed by atoms with Gasteiger partial charge in [-0.3, -0.25) is 14.5 Å². The first-order valence-electron chi connectivity index (χ1n) is 9.43. The highest BCUT2D eigenvalue weighted by Gasteiger charge is 2.33. The molecule has 0 spiro atoms. The van der Waals surface area contributed by atoms with Crippen LogP contribution in [0.2, 0.25) is 0 Å². The standard InChI is InChI=1S/C20H29N3O2/c1-15-7-6-8-16(2)23(15)20(25)14-22-12-11-21-19(24)13-18(22)17-9-4-3-5-10-17/h3-5,9-10,15-16,18H,6-8,11-14H2,1-2H3,(H,21,24). The Morgan fingerprint density at radius 3 is 2.52 bits per heavy atom. The summed E-state index contributed by atoms with van der Waals surface area (Å²) in [5.41, 5.74) is 1.10. The quantitative estimate of drug-likeness (QED) is 0.916. The number of nitrogens with one attached hydrogen (secondary N) is 1. The summed E-state index contributed by atoms with van der Waals surface area (Å²) in [6.45, 7) is 5.98. The van der Waals surface area contributed by atoms with Crippen LogP contribution in [0.1, 0.15) is 51.1 Å². The fourth-order valence-corrected chi connectivity index (χ4v) is 4.23. The number of benzene rings is 1. The van der Waals surface area contributed by atoms with Gasteiger partial charge in [0.05, 0.1) is 6.54 Å². The van der Waals surface area contributed by atoms with Crippen LogP contribution in [0.4, 0.5) is 0 Å². The minimum atomic E-state index is -0.0388. The summed E-state index contributed by atoms with van der Waals surface area (Å²) in [7, 11) is 0. The first-order valence-corrected chi connectivity index (χ1v) is 9.43. The van der Waals surface area contributed by atoms with Crippen molar-refractivity contribution in [3.05, 3.63) is 35.9 Å². The molecule has 25 heavy (non-hydrogen) atoms. The molecule has 1 aromatic carbocycles. The van der Waals surface area contributed by atoms with Crippen molar-refractivity contribution in [3.8, 4) is 0 Å². The number of hydrogen-bond acceptors (Lipinski definition) is 3. The van der Waals surface area contributed by atoms with Gasteiger partial charge in [0, 0.05) is 37.6 Å². The molecule has 3 rings (SSSR count). The van der Waals surface area contributed by atoms with E-state index in [1.807, 2.05) is 30.3 Å². The lowest BCUT2D eigenvalue weighted by molar-refractivity contribution is -0.139. The molecular formula is C20H29N3O2. The number of piperidine rings is 1. The zero-order valence-corrected chi connectivity index (χ0v) is 15.3. The van der Waals surface area contributed by atoms with Crippen LogP contribution in [0.5, 0.6) is 0 Å². The molecular weight excluding hydrogens is 314 g/mol. The molecule has 5 heteroatoms. The molecule has 5 nitrogen and oxygen atoms in total. The molecule has 2 amide bonds. The monoisotopic (exact) mass is 343 g/mol. The third-order valence-electron chi connectivity index (χ3n) is 5.54. The van der Waals surface area contributed by atoms with Crippen molar-refractivity contribution in [1.82, 2.24) is 15.1 Å². The Bertz CT molecular complexity index is 594. The van der Waals surface area contributed by atoms with Crippen molar-refractivity contribution < 1.29 is 9.59 Å². The number of likely N-dealkylation sites (tertiary alicyclic amines) is 1. The van der Waals surface area contributed by atoms with Gasteiger partial charge in [-0.2, -0.15) is 0 Å². The minimum Gasteiger partial charge on any atom is -0.355 e.